The van der Waals surface area contributed by atoms with E-state index in [9.17, 15) is 4.79 Å². The summed E-state index contributed by atoms with van der Waals surface area (Å²) in [6, 6.07) is 10.9. The molecule has 162 valence electrons. The van der Waals surface area contributed by atoms with E-state index in [-0.39, 0.29) is 42.5 Å². The fourth-order valence-corrected chi connectivity index (χ4v) is 3.57. The molecular formula is C21H34IN5O2. The topological polar surface area (TPSA) is 69.2 Å². The van der Waals surface area contributed by atoms with E-state index < -0.39 is 0 Å². The summed E-state index contributed by atoms with van der Waals surface area (Å²) in [6.07, 6.45) is 4.50. The predicted octanol–water partition coefficient (Wildman–Crippen LogP) is 2.08. The number of guanidine groups is 1. The molecule has 2 fully saturated rings. The van der Waals surface area contributed by atoms with Gasteiger partial charge in [-0.2, -0.15) is 0 Å². The molecule has 2 aliphatic heterocycles. The highest BCUT2D eigenvalue weighted by molar-refractivity contribution is 14.0. The number of nitrogens with one attached hydrogen (secondary N) is 2. The first-order valence-corrected chi connectivity index (χ1v) is 10.3. The lowest BCUT2D eigenvalue weighted by Gasteiger charge is -2.34. The number of para-hydroxylation sites is 1. The lowest BCUT2D eigenvalue weighted by Crippen LogP contribution is -2.50. The van der Waals surface area contributed by atoms with Crippen molar-refractivity contribution in [3.05, 3.63) is 30.3 Å². The first-order valence-electron chi connectivity index (χ1n) is 10.3. The smallest absolute Gasteiger partial charge is 0.243 e. The van der Waals surface area contributed by atoms with Crippen LogP contribution in [0.15, 0.2) is 35.3 Å². The second kappa shape index (κ2) is 12.2. The lowest BCUT2D eigenvalue weighted by molar-refractivity contribution is -0.127. The van der Waals surface area contributed by atoms with Crippen molar-refractivity contribution in [3.8, 4) is 0 Å². The minimum atomic E-state index is -0.00267. The van der Waals surface area contributed by atoms with Crippen LogP contribution < -0.4 is 15.5 Å². The van der Waals surface area contributed by atoms with Crippen LogP contribution in [-0.4, -0.2) is 75.8 Å². The van der Waals surface area contributed by atoms with Crippen LogP contribution in [0.3, 0.4) is 0 Å². The second-order valence-corrected chi connectivity index (χ2v) is 7.71. The monoisotopic (exact) mass is 515 g/mol. The molecule has 0 spiro atoms. The molecule has 1 amide bonds. The SMILES string of the molecule is CN(C)C(=O)CN=C(NCC1CCCO1)NC1CCN(c2ccccc2)CC1.I. The summed E-state index contributed by atoms with van der Waals surface area (Å²) in [5.74, 6) is 0.709. The van der Waals surface area contributed by atoms with Gasteiger partial charge in [0.1, 0.15) is 6.54 Å². The third kappa shape index (κ3) is 7.65. The molecule has 7 nitrogen and oxygen atoms in total. The molecule has 2 heterocycles. The zero-order valence-corrected chi connectivity index (χ0v) is 19.8. The van der Waals surface area contributed by atoms with Crippen molar-refractivity contribution in [2.45, 2.75) is 37.8 Å². The van der Waals surface area contributed by atoms with Crippen molar-refractivity contribution in [1.82, 2.24) is 15.5 Å². The van der Waals surface area contributed by atoms with Gasteiger partial charge in [0.2, 0.25) is 5.91 Å². The molecule has 1 atom stereocenters. The molecule has 1 unspecified atom stereocenters. The van der Waals surface area contributed by atoms with Gasteiger partial charge in [-0.15, -0.1) is 24.0 Å². The molecular weight excluding hydrogens is 481 g/mol. The normalized spacial score (nSPS) is 20.1. The van der Waals surface area contributed by atoms with Crippen LogP contribution >= 0.6 is 24.0 Å². The Hall–Kier alpha value is -1.55. The average Bonchev–Trinajstić information content (AvgIpc) is 3.24. The number of nitrogens with zero attached hydrogens (tertiary/aromatic N) is 3. The highest BCUT2D eigenvalue weighted by atomic mass is 127. The number of hydrogen-bond donors (Lipinski definition) is 2. The maximum atomic E-state index is 11.9. The molecule has 0 radical (unpaired) electrons. The standard InChI is InChI=1S/C21H33N5O2.HI/c1-25(2)20(27)16-23-21(22-15-19-9-6-14-28-19)24-17-10-12-26(13-11-17)18-7-4-3-5-8-18;/h3-5,7-8,17,19H,6,9-16H2,1-2H3,(H2,22,23,24);1H. The number of aliphatic imine (C=N–C) groups is 1. The molecule has 0 saturated carbocycles. The van der Waals surface area contributed by atoms with Crippen LogP contribution in [-0.2, 0) is 9.53 Å². The van der Waals surface area contributed by atoms with Gasteiger partial charge >= 0.3 is 0 Å². The van der Waals surface area contributed by atoms with Crippen molar-refractivity contribution in [2.75, 3.05) is 51.8 Å². The number of anilines is 1. The third-order valence-electron chi connectivity index (χ3n) is 5.35. The van der Waals surface area contributed by atoms with Gasteiger partial charge in [-0.05, 0) is 37.8 Å². The zero-order valence-electron chi connectivity index (χ0n) is 17.5. The minimum Gasteiger partial charge on any atom is -0.376 e. The van der Waals surface area contributed by atoms with Gasteiger partial charge in [-0.1, -0.05) is 18.2 Å². The summed E-state index contributed by atoms with van der Waals surface area (Å²) in [7, 11) is 3.51. The third-order valence-corrected chi connectivity index (χ3v) is 5.35. The molecule has 0 aromatic heterocycles. The number of piperidine rings is 1. The molecule has 8 heteroatoms. The van der Waals surface area contributed by atoms with Crippen LogP contribution in [0.25, 0.3) is 0 Å². The molecule has 0 aliphatic carbocycles. The molecule has 1 aromatic carbocycles. The fraction of sp³-hybridized carbons (Fsp3) is 0.619. The van der Waals surface area contributed by atoms with Crippen LogP contribution in [0.5, 0.6) is 0 Å². The Bertz CT molecular complexity index is 642. The maximum Gasteiger partial charge on any atom is 0.243 e. The average molecular weight is 515 g/mol. The molecule has 29 heavy (non-hydrogen) atoms. The van der Waals surface area contributed by atoms with E-state index in [1.807, 2.05) is 0 Å². The molecule has 2 saturated heterocycles. The van der Waals surface area contributed by atoms with Crippen molar-refractivity contribution in [3.63, 3.8) is 0 Å². The first-order chi connectivity index (χ1) is 13.6. The van der Waals surface area contributed by atoms with E-state index in [0.717, 1.165) is 51.9 Å². The first kappa shape index (κ1) is 23.7. The lowest BCUT2D eigenvalue weighted by atomic mass is 10.0. The quantitative estimate of drug-likeness (QED) is 0.345. The Labute approximate surface area is 191 Å². The van der Waals surface area contributed by atoms with E-state index in [1.54, 1.807) is 19.0 Å². The van der Waals surface area contributed by atoms with Crippen LogP contribution in [0, 0.1) is 0 Å². The van der Waals surface area contributed by atoms with Crippen LogP contribution in [0.2, 0.25) is 0 Å². The zero-order chi connectivity index (χ0) is 19.8. The van der Waals surface area contributed by atoms with Gasteiger partial charge in [0, 0.05) is 52.1 Å². The van der Waals surface area contributed by atoms with Gasteiger partial charge < -0.3 is 25.2 Å². The number of likely N-dealkylation sites (N-methyl/N-ethyl adjacent to an activating group) is 1. The highest BCUT2D eigenvalue weighted by Crippen LogP contribution is 2.19. The molecule has 1 aromatic rings. The van der Waals surface area contributed by atoms with Crippen LogP contribution in [0.4, 0.5) is 5.69 Å². The largest absolute Gasteiger partial charge is 0.376 e. The van der Waals surface area contributed by atoms with Crippen molar-refractivity contribution in [2.24, 2.45) is 4.99 Å². The minimum absolute atomic E-state index is 0. The maximum absolute atomic E-state index is 11.9. The second-order valence-electron chi connectivity index (χ2n) is 7.71. The van der Waals surface area contributed by atoms with Crippen molar-refractivity contribution >= 4 is 41.5 Å². The Morgan fingerprint density at radius 1 is 1.21 bits per heavy atom. The summed E-state index contributed by atoms with van der Waals surface area (Å²) in [5.41, 5.74) is 1.28. The van der Waals surface area contributed by atoms with Gasteiger partial charge in [0.15, 0.2) is 5.96 Å². The van der Waals surface area contributed by atoms with Gasteiger partial charge in [0.05, 0.1) is 6.10 Å². The molecule has 3 rings (SSSR count). The molecule has 2 aliphatic rings. The van der Waals surface area contributed by atoms with E-state index in [0.29, 0.717) is 12.0 Å². The Morgan fingerprint density at radius 3 is 2.55 bits per heavy atom. The Morgan fingerprint density at radius 2 is 1.93 bits per heavy atom. The van der Waals surface area contributed by atoms with E-state index in [2.05, 4.69) is 50.9 Å². The summed E-state index contributed by atoms with van der Waals surface area (Å²) >= 11 is 0. The Balaban J connectivity index is 0.00000300. The van der Waals surface area contributed by atoms with E-state index >= 15 is 0 Å². The number of amides is 1. The Kier molecular flexibility index (Phi) is 9.99. The van der Waals surface area contributed by atoms with Gasteiger partial charge in [0.25, 0.3) is 0 Å². The van der Waals surface area contributed by atoms with Crippen molar-refractivity contribution < 1.29 is 9.53 Å². The predicted molar refractivity (Wildman–Crippen MR) is 128 cm³/mol. The van der Waals surface area contributed by atoms with E-state index in [1.165, 1.54) is 5.69 Å². The molecule has 2 N–H and O–H groups in total. The number of carbonyl (C=O) groups is 1. The van der Waals surface area contributed by atoms with Crippen molar-refractivity contribution in [1.29, 1.82) is 0 Å². The summed E-state index contributed by atoms with van der Waals surface area (Å²) < 4.78 is 5.69. The number of ether oxygens (including phenoxy) is 1. The van der Waals surface area contributed by atoms with Crippen LogP contribution in [0.1, 0.15) is 25.7 Å². The van der Waals surface area contributed by atoms with Gasteiger partial charge in [-0.3, -0.25) is 4.79 Å². The molecule has 0 bridgehead atoms. The number of benzene rings is 1. The summed E-state index contributed by atoms with van der Waals surface area (Å²) in [4.78, 5) is 20.4. The highest BCUT2D eigenvalue weighted by Gasteiger charge is 2.21. The number of carbonyl (C=O) groups excluding carboxylic acids is 1. The fourth-order valence-electron chi connectivity index (χ4n) is 3.57. The summed E-state index contributed by atoms with van der Waals surface area (Å²) in [6.45, 7) is 3.74. The summed E-state index contributed by atoms with van der Waals surface area (Å²) in [5, 5.41) is 6.91. The van der Waals surface area contributed by atoms with Gasteiger partial charge in [-0.25, -0.2) is 4.99 Å². The number of halogens is 1. The number of rotatable bonds is 6. The number of hydrogen-bond acceptors (Lipinski definition) is 4. The van der Waals surface area contributed by atoms with E-state index in [4.69, 9.17) is 4.74 Å².